The standard InChI is InChI=1S/C18H25N3O3S2/c1-9(2)16-19-17(25-20-16)21-26(22,23)15-11(4)10(3)14-13(12(15)5)8-18(6,7)24-14/h9H,8H2,1-7H3,(H,19,20,21). The number of benzene rings is 1. The second-order valence-electron chi connectivity index (χ2n) is 7.77. The smallest absolute Gasteiger partial charge is 0.264 e. The van der Waals surface area contributed by atoms with E-state index in [1.165, 1.54) is 0 Å². The van der Waals surface area contributed by atoms with Gasteiger partial charge in [0.2, 0.25) is 5.13 Å². The van der Waals surface area contributed by atoms with Crippen molar-refractivity contribution in [2.24, 2.45) is 0 Å². The molecule has 1 N–H and O–H groups in total. The molecule has 3 rings (SSSR count). The number of nitrogens with one attached hydrogen (secondary N) is 1. The van der Waals surface area contributed by atoms with E-state index in [2.05, 4.69) is 14.1 Å². The predicted octanol–water partition coefficient (Wildman–Crippen LogP) is 4.10. The molecule has 0 aliphatic carbocycles. The van der Waals surface area contributed by atoms with Crippen LogP contribution < -0.4 is 9.46 Å². The SMILES string of the molecule is Cc1c(C)c(S(=O)(=O)Nc2nc(C(C)C)ns2)c(C)c2c1OC(C)(C)C2. The fraction of sp³-hybridized carbons (Fsp3) is 0.556. The van der Waals surface area contributed by atoms with Crippen molar-refractivity contribution < 1.29 is 13.2 Å². The maximum atomic E-state index is 13.1. The molecule has 26 heavy (non-hydrogen) atoms. The van der Waals surface area contributed by atoms with Crippen LogP contribution in [-0.2, 0) is 16.4 Å². The first-order valence-electron chi connectivity index (χ1n) is 8.61. The first kappa shape index (κ1) is 19.1. The van der Waals surface area contributed by atoms with Crippen molar-refractivity contribution in [3.8, 4) is 5.75 Å². The molecule has 1 aliphatic rings. The summed E-state index contributed by atoms with van der Waals surface area (Å²) in [6, 6.07) is 0. The largest absolute Gasteiger partial charge is 0.487 e. The van der Waals surface area contributed by atoms with Gasteiger partial charge in [0, 0.05) is 29.4 Å². The van der Waals surface area contributed by atoms with Crippen LogP contribution in [0.2, 0.25) is 0 Å². The fourth-order valence-electron chi connectivity index (χ4n) is 3.32. The highest BCUT2D eigenvalue weighted by atomic mass is 32.2. The molecule has 0 radical (unpaired) electrons. The number of sulfonamides is 1. The molecule has 0 unspecified atom stereocenters. The van der Waals surface area contributed by atoms with E-state index in [9.17, 15) is 8.42 Å². The highest BCUT2D eigenvalue weighted by Gasteiger charge is 2.36. The number of fused-ring (bicyclic) bond motifs is 1. The second-order valence-corrected chi connectivity index (χ2v) is 10.1. The number of nitrogens with zero attached hydrogens (tertiary/aromatic N) is 2. The number of hydrogen-bond acceptors (Lipinski definition) is 6. The monoisotopic (exact) mass is 395 g/mol. The number of anilines is 1. The molecular formula is C18H25N3O3S2. The van der Waals surface area contributed by atoms with E-state index in [1.807, 2.05) is 48.5 Å². The molecule has 1 aliphatic heterocycles. The first-order chi connectivity index (χ1) is 11.9. The summed E-state index contributed by atoms with van der Waals surface area (Å²) < 4.78 is 39.1. The first-order valence-corrected chi connectivity index (χ1v) is 10.9. The minimum absolute atomic E-state index is 0.148. The highest BCUT2D eigenvalue weighted by Crippen LogP contribution is 2.44. The van der Waals surface area contributed by atoms with Crippen molar-refractivity contribution in [1.29, 1.82) is 0 Å². The Bertz CT molecular complexity index is 976. The summed E-state index contributed by atoms with van der Waals surface area (Å²) in [4.78, 5) is 4.61. The molecule has 6 nitrogen and oxygen atoms in total. The summed E-state index contributed by atoms with van der Waals surface area (Å²) in [6.07, 6.45) is 0.689. The Kier molecular flexibility index (Phi) is 4.55. The zero-order valence-corrected chi connectivity index (χ0v) is 17.9. The Labute approximate surface area is 159 Å². The van der Waals surface area contributed by atoms with Crippen LogP contribution >= 0.6 is 11.5 Å². The second kappa shape index (κ2) is 6.20. The van der Waals surface area contributed by atoms with Crippen molar-refractivity contribution in [3.05, 3.63) is 28.1 Å². The molecule has 0 bridgehead atoms. The molecule has 2 heterocycles. The summed E-state index contributed by atoms with van der Waals surface area (Å²) in [7, 11) is -3.77. The Morgan fingerprint density at radius 2 is 1.81 bits per heavy atom. The zero-order chi connectivity index (χ0) is 19.4. The average Bonchev–Trinajstić information content (AvgIpc) is 3.08. The quantitative estimate of drug-likeness (QED) is 0.843. The lowest BCUT2D eigenvalue weighted by atomic mass is 9.94. The van der Waals surface area contributed by atoms with Crippen LogP contribution in [0.25, 0.3) is 0 Å². The molecular weight excluding hydrogens is 370 g/mol. The Morgan fingerprint density at radius 3 is 2.38 bits per heavy atom. The fourth-order valence-corrected chi connectivity index (χ4v) is 5.83. The van der Waals surface area contributed by atoms with Gasteiger partial charge in [0.05, 0.1) is 4.90 Å². The summed E-state index contributed by atoms with van der Waals surface area (Å²) in [5, 5.41) is 0.294. The van der Waals surface area contributed by atoms with Crippen molar-refractivity contribution in [3.63, 3.8) is 0 Å². The Balaban J connectivity index is 2.07. The van der Waals surface area contributed by atoms with Gasteiger partial charge >= 0.3 is 0 Å². The van der Waals surface area contributed by atoms with Crippen LogP contribution in [0, 0.1) is 20.8 Å². The Hall–Kier alpha value is -1.67. The predicted molar refractivity (Wildman–Crippen MR) is 104 cm³/mol. The maximum Gasteiger partial charge on any atom is 0.264 e. The topological polar surface area (TPSA) is 81.2 Å². The van der Waals surface area contributed by atoms with Gasteiger partial charge in [0.25, 0.3) is 10.0 Å². The van der Waals surface area contributed by atoms with E-state index in [1.54, 1.807) is 0 Å². The summed E-state index contributed by atoms with van der Waals surface area (Å²) in [5.41, 5.74) is 2.97. The Morgan fingerprint density at radius 1 is 1.15 bits per heavy atom. The van der Waals surface area contributed by atoms with Gasteiger partial charge in [-0.2, -0.15) is 4.37 Å². The van der Waals surface area contributed by atoms with Crippen LogP contribution in [-0.4, -0.2) is 23.4 Å². The molecule has 0 atom stereocenters. The third-order valence-corrected chi connectivity index (χ3v) is 7.13. The summed E-state index contributed by atoms with van der Waals surface area (Å²) in [6.45, 7) is 13.6. The molecule has 8 heteroatoms. The average molecular weight is 396 g/mol. The van der Waals surface area contributed by atoms with E-state index in [-0.39, 0.29) is 11.5 Å². The molecule has 0 spiro atoms. The van der Waals surface area contributed by atoms with Crippen molar-refractivity contribution in [2.45, 2.75) is 71.3 Å². The molecule has 0 saturated heterocycles. The molecule has 0 amide bonds. The van der Waals surface area contributed by atoms with E-state index in [4.69, 9.17) is 4.74 Å². The van der Waals surface area contributed by atoms with Crippen molar-refractivity contribution in [1.82, 2.24) is 9.36 Å². The lowest BCUT2D eigenvalue weighted by Crippen LogP contribution is -2.24. The van der Waals surface area contributed by atoms with E-state index in [0.717, 1.165) is 34.0 Å². The molecule has 0 saturated carbocycles. The van der Waals surface area contributed by atoms with Crippen molar-refractivity contribution in [2.75, 3.05) is 4.72 Å². The van der Waals surface area contributed by atoms with Crippen LogP contribution in [0.1, 0.15) is 61.7 Å². The number of aromatic nitrogens is 2. The van der Waals surface area contributed by atoms with Gasteiger partial charge in [-0.1, -0.05) is 13.8 Å². The van der Waals surface area contributed by atoms with Crippen LogP contribution in [0.4, 0.5) is 5.13 Å². The van der Waals surface area contributed by atoms with E-state index in [0.29, 0.717) is 27.8 Å². The van der Waals surface area contributed by atoms with Gasteiger partial charge in [-0.05, 0) is 51.3 Å². The molecule has 1 aromatic carbocycles. The van der Waals surface area contributed by atoms with Gasteiger partial charge in [-0.3, -0.25) is 4.72 Å². The van der Waals surface area contributed by atoms with Crippen LogP contribution in [0.15, 0.2) is 4.90 Å². The highest BCUT2D eigenvalue weighted by molar-refractivity contribution is 7.93. The van der Waals surface area contributed by atoms with Gasteiger partial charge in [0.1, 0.15) is 17.2 Å². The normalized spacial score (nSPS) is 15.8. The van der Waals surface area contributed by atoms with Gasteiger partial charge in [0.15, 0.2) is 0 Å². The van der Waals surface area contributed by atoms with Gasteiger partial charge in [-0.15, -0.1) is 0 Å². The number of ether oxygens (including phenoxy) is 1. The maximum absolute atomic E-state index is 13.1. The van der Waals surface area contributed by atoms with Crippen molar-refractivity contribution >= 4 is 26.7 Å². The van der Waals surface area contributed by atoms with E-state index >= 15 is 0 Å². The lowest BCUT2D eigenvalue weighted by Gasteiger charge is -2.19. The minimum atomic E-state index is -3.77. The number of rotatable bonds is 4. The molecule has 142 valence electrons. The van der Waals surface area contributed by atoms with Gasteiger partial charge in [-0.25, -0.2) is 13.4 Å². The third-order valence-electron chi connectivity index (χ3n) is 4.74. The van der Waals surface area contributed by atoms with E-state index < -0.39 is 10.0 Å². The third kappa shape index (κ3) is 3.20. The van der Waals surface area contributed by atoms with Crippen LogP contribution in [0.3, 0.4) is 0 Å². The summed E-state index contributed by atoms with van der Waals surface area (Å²) in [5.74, 6) is 1.61. The zero-order valence-electron chi connectivity index (χ0n) is 16.2. The lowest BCUT2D eigenvalue weighted by molar-refractivity contribution is 0.137. The molecule has 1 aromatic heterocycles. The van der Waals surface area contributed by atoms with Gasteiger partial charge < -0.3 is 4.74 Å². The number of hydrogen-bond donors (Lipinski definition) is 1. The summed E-state index contributed by atoms with van der Waals surface area (Å²) >= 11 is 1.06. The van der Waals surface area contributed by atoms with Crippen LogP contribution in [0.5, 0.6) is 5.75 Å². The molecule has 2 aromatic rings. The minimum Gasteiger partial charge on any atom is -0.487 e. The molecule has 0 fully saturated rings.